The normalized spacial score (nSPS) is 15.3. The highest BCUT2D eigenvalue weighted by Gasteiger charge is 2.33. The predicted octanol–water partition coefficient (Wildman–Crippen LogP) is 5.79. The molecule has 0 radical (unpaired) electrons. The van der Waals surface area contributed by atoms with E-state index in [2.05, 4.69) is 31.4 Å². The third-order valence-electron chi connectivity index (χ3n) is 6.44. The summed E-state index contributed by atoms with van der Waals surface area (Å²) < 4.78 is 0. The fourth-order valence-corrected chi connectivity index (χ4v) is 6.02. The molecule has 7 heteroatoms. The Kier molecular flexibility index (Phi) is 6.86. The summed E-state index contributed by atoms with van der Waals surface area (Å²) in [5.41, 5.74) is 10.1. The van der Waals surface area contributed by atoms with Gasteiger partial charge < -0.3 is 11.1 Å². The van der Waals surface area contributed by atoms with Crippen LogP contribution in [-0.2, 0) is 12.8 Å². The molecule has 3 aromatic rings. The zero-order chi connectivity index (χ0) is 24.5. The summed E-state index contributed by atoms with van der Waals surface area (Å²) in [6.45, 7) is 6.75. The first-order chi connectivity index (χ1) is 16.1. The SMILES string of the molecule is CC(C)(C)[C@H]1CCc2c(sc(NC(=S)NC(=O)c3ccc(-c4ccccc4)cc3)c2C(N)=O)C1. The van der Waals surface area contributed by atoms with Gasteiger partial charge in [0.2, 0.25) is 0 Å². The molecule has 4 rings (SSSR count). The van der Waals surface area contributed by atoms with Crippen LogP contribution >= 0.6 is 23.6 Å². The van der Waals surface area contributed by atoms with Crippen LogP contribution in [0.2, 0.25) is 0 Å². The van der Waals surface area contributed by atoms with Crippen LogP contribution in [0.4, 0.5) is 5.00 Å². The summed E-state index contributed by atoms with van der Waals surface area (Å²) in [7, 11) is 0. The van der Waals surface area contributed by atoms with Crippen molar-refractivity contribution in [3.63, 3.8) is 0 Å². The van der Waals surface area contributed by atoms with E-state index in [0.717, 1.165) is 36.0 Å². The number of fused-ring (bicyclic) bond motifs is 1. The third-order valence-corrected chi connectivity index (χ3v) is 7.82. The Labute approximate surface area is 209 Å². The fraction of sp³-hybridized carbons (Fsp3) is 0.296. The van der Waals surface area contributed by atoms with Crippen LogP contribution in [0.25, 0.3) is 11.1 Å². The van der Waals surface area contributed by atoms with Crippen molar-refractivity contribution in [2.24, 2.45) is 17.1 Å². The summed E-state index contributed by atoms with van der Waals surface area (Å²) in [5.74, 6) is -0.246. The van der Waals surface area contributed by atoms with Gasteiger partial charge in [0.15, 0.2) is 5.11 Å². The lowest BCUT2D eigenvalue weighted by molar-refractivity contribution is 0.0975. The number of primary amides is 1. The number of benzene rings is 2. The van der Waals surface area contributed by atoms with E-state index in [1.54, 1.807) is 12.1 Å². The molecule has 1 atom stereocenters. The molecule has 1 aliphatic rings. The largest absolute Gasteiger partial charge is 0.365 e. The zero-order valence-electron chi connectivity index (χ0n) is 19.6. The Bertz CT molecular complexity index is 1230. The van der Waals surface area contributed by atoms with Gasteiger partial charge in [-0.25, -0.2) is 0 Å². The lowest BCUT2D eigenvalue weighted by Gasteiger charge is -2.33. The van der Waals surface area contributed by atoms with Crippen molar-refractivity contribution in [2.45, 2.75) is 40.0 Å². The maximum absolute atomic E-state index is 12.7. The minimum atomic E-state index is -0.472. The van der Waals surface area contributed by atoms with Crippen LogP contribution in [0, 0.1) is 11.3 Å². The first-order valence-corrected chi connectivity index (χ1v) is 12.6. The van der Waals surface area contributed by atoms with Gasteiger partial charge >= 0.3 is 0 Å². The van der Waals surface area contributed by atoms with Crippen molar-refractivity contribution < 1.29 is 9.59 Å². The molecule has 1 aliphatic carbocycles. The Hall–Kier alpha value is -3.03. The van der Waals surface area contributed by atoms with Gasteiger partial charge in [-0.05, 0) is 71.6 Å². The Morgan fingerprint density at radius 3 is 2.29 bits per heavy atom. The van der Waals surface area contributed by atoms with E-state index in [4.69, 9.17) is 18.0 Å². The van der Waals surface area contributed by atoms with Crippen molar-refractivity contribution >= 4 is 45.5 Å². The Morgan fingerprint density at radius 1 is 1.03 bits per heavy atom. The molecule has 1 aromatic heterocycles. The minimum Gasteiger partial charge on any atom is -0.365 e. The number of amides is 2. The molecular weight excluding hydrogens is 462 g/mol. The number of thiocarbonyl (C=S) groups is 1. The van der Waals surface area contributed by atoms with Gasteiger partial charge in [-0.3, -0.25) is 14.9 Å². The van der Waals surface area contributed by atoms with E-state index in [1.807, 2.05) is 42.5 Å². The van der Waals surface area contributed by atoms with Crippen molar-refractivity contribution in [3.8, 4) is 11.1 Å². The third kappa shape index (κ3) is 5.21. The molecule has 0 aliphatic heterocycles. The highest BCUT2D eigenvalue weighted by Crippen LogP contribution is 2.44. The van der Waals surface area contributed by atoms with Gasteiger partial charge in [0.05, 0.1) is 5.56 Å². The van der Waals surface area contributed by atoms with Crippen LogP contribution in [0.5, 0.6) is 0 Å². The number of hydrogen-bond acceptors (Lipinski definition) is 4. The van der Waals surface area contributed by atoms with Gasteiger partial charge in [0.1, 0.15) is 5.00 Å². The summed E-state index contributed by atoms with van der Waals surface area (Å²) in [5, 5.41) is 6.53. The Morgan fingerprint density at radius 2 is 1.68 bits per heavy atom. The fourth-order valence-electron chi connectivity index (χ4n) is 4.43. The van der Waals surface area contributed by atoms with Crippen LogP contribution in [-0.4, -0.2) is 16.9 Å². The summed E-state index contributed by atoms with van der Waals surface area (Å²) in [6.07, 6.45) is 2.76. The van der Waals surface area contributed by atoms with Gasteiger partial charge in [-0.15, -0.1) is 11.3 Å². The smallest absolute Gasteiger partial charge is 0.257 e. The molecule has 5 nitrogen and oxygen atoms in total. The van der Waals surface area contributed by atoms with E-state index in [1.165, 1.54) is 16.2 Å². The zero-order valence-corrected chi connectivity index (χ0v) is 21.2. The van der Waals surface area contributed by atoms with E-state index in [-0.39, 0.29) is 16.4 Å². The molecule has 0 unspecified atom stereocenters. The van der Waals surface area contributed by atoms with E-state index in [9.17, 15) is 9.59 Å². The second-order valence-corrected chi connectivity index (χ2v) is 11.2. The van der Waals surface area contributed by atoms with Gasteiger partial charge in [0, 0.05) is 10.4 Å². The number of nitrogens with one attached hydrogen (secondary N) is 2. The molecule has 176 valence electrons. The molecule has 1 heterocycles. The monoisotopic (exact) mass is 491 g/mol. The number of hydrogen-bond donors (Lipinski definition) is 3. The first-order valence-electron chi connectivity index (χ1n) is 11.4. The number of carbonyl (C=O) groups is 2. The van der Waals surface area contributed by atoms with E-state index < -0.39 is 5.91 Å². The molecule has 0 saturated carbocycles. The van der Waals surface area contributed by atoms with Gasteiger partial charge in [-0.2, -0.15) is 0 Å². The molecule has 2 amide bonds. The number of anilines is 1. The number of carbonyl (C=O) groups excluding carboxylic acids is 2. The molecule has 0 fully saturated rings. The lowest BCUT2D eigenvalue weighted by atomic mass is 9.72. The maximum atomic E-state index is 12.7. The summed E-state index contributed by atoms with van der Waals surface area (Å²) in [6, 6.07) is 17.3. The van der Waals surface area contributed by atoms with Gasteiger partial charge in [0.25, 0.3) is 11.8 Å². The first kappa shape index (κ1) is 24.1. The standard InChI is InChI=1S/C27H29N3O2S2/c1-27(2,3)19-13-14-20-21(15-19)34-25(22(20)23(28)31)30-26(33)29-24(32)18-11-9-17(10-12-18)16-7-5-4-6-8-16/h4-12,19H,13-15H2,1-3H3,(H2,28,31)(H2,29,30,32,33)/t19-/m0/s1. The molecular formula is C27H29N3O2S2. The van der Waals surface area contributed by atoms with Gasteiger partial charge in [-0.1, -0.05) is 63.2 Å². The van der Waals surface area contributed by atoms with Crippen LogP contribution in [0.1, 0.15) is 58.3 Å². The maximum Gasteiger partial charge on any atom is 0.257 e. The van der Waals surface area contributed by atoms with Crippen molar-refractivity contribution in [2.75, 3.05) is 5.32 Å². The van der Waals surface area contributed by atoms with Crippen molar-refractivity contribution in [1.29, 1.82) is 0 Å². The minimum absolute atomic E-state index is 0.144. The van der Waals surface area contributed by atoms with Crippen molar-refractivity contribution in [1.82, 2.24) is 5.32 Å². The average Bonchev–Trinajstić information content (AvgIpc) is 3.16. The Balaban J connectivity index is 1.46. The molecule has 0 spiro atoms. The van der Waals surface area contributed by atoms with E-state index >= 15 is 0 Å². The summed E-state index contributed by atoms with van der Waals surface area (Å²) >= 11 is 6.91. The molecule has 34 heavy (non-hydrogen) atoms. The summed E-state index contributed by atoms with van der Waals surface area (Å²) in [4.78, 5) is 26.2. The molecule has 2 aromatic carbocycles. The lowest BCUT2D eigenvalue weighted by Crippen LogP contribution is -2.34. The van der Waals surface area contributed by atoms with E-state index in [0.29, 0.717) is 22.0 Å². The average molecular weight is 492 g/mol. The predicted molar refractivity (Wildman–Crippen MR) is 143 cm³/mol. The number of thiophene rings is 1. The second kappa shape index (κ2) is 9.68. The molecule has 0 saturated heterocycles. The van der Waals surface area contributed by atoms with Crippen LogP contribution in [0.3, 0.4) is 0 Å². The van der Waals surface area contributed by atoms with Crippen LogP contribution in [0.15, 0.2) is 54.6 Å². The number of nitrogens with two attached hydrogens (primary N) is 1. The quantitative estimate of drug-likeness (QED) is 0.403. The highest BCUT2D eigenvalue weighted by molar-refractivity contribution is 7.80. The van der Waals surface area contributed by atoms with Crippen molar-refractivity contribution in [3.05, 3.63) is 76.2 Å². The topological polar surface area (TPSA) is 84.2 Å². The molecule has 4 N–H and O–H groups in total. The highest BCUT2D eigenvalue weighted by atomic mass is 32.1. The van der Waals surface area contributed by atoms with Crippen LogP contribution < -0.4 is 16.4 Å². The molecule has 0 bridgehead atoms. The number of rotatable bonds is 4. The second-order valence-electron chi connectivity index (χ2n) is 9.73.